The van der Waals surface area contributed by atoms with Gasteiger partial charge in [-0.1, -0.05) is 46.4 Å². The molecule has 0 amide bonds. The normalized spacial score (nSPS) is 11.2. The monoisotopic (exact) mass is 819 g/mol. The summed E-state index contributed by atoms with van der Waals surface area (Å²) in [6.07, 6.45) is 2.09. The van der Waals surface area contributed by atoms with Gasteiger partial charge < -0.3 is 41.7 Å². The second kappa shape index (κ2) is 22.6. The third-order valence-corrected chi connectivity index (χ3v) is 8.87. The number of rotatable bonds is 14. The molecule has 0 saturated carbocycles. The third-order valence-electron chi connectivity index (χ3n) is 7.19. The van der Waals surface area contributed by atoms with Gasteiger partial charge in [0.2, 0.25) is 5.96 Å². The number of benzene rings is 2. The predicted molar refractivity (Wildman–Crippen MR) is 235 cm³/mol. The molecule has 6 N–H and O–H groups in total. The van der Waals surface area contributed by atoms with Crippen molar-refractivity contribution in [3.05, 3.63) is 91.9 Å². The van der Waals surface area contributed by atoms with E-state index in [1.807, 2.05) is 50.2 Å². The molecule has 4 aromatic rings. The zero-order valence-electron chi connectivity index (χ0n) is 31.2. The summed E-state index contributed by atoms with van der Waals surface area (Å²) in [7, 11) is 9.96. The van der Waals surface area contributed by atoms with Crippen molar-refractivity contribution in [2.45, 2.75) is 26.7 Å². The number of anilines is 6. The fourth-order valence-electron chi connectivity index (χ4n) is 4.69. The SMILES string of the molecule is CN=C(Nc1ccc(Cl)c(Cl)c1)Nc1cc(C)cc(NCCCN(C)C)n1.Cc1cc(NCCCN(C)C)nc(NC(=S)Nc2ccc(Cl)c(Cl)c2)c1. The molecule has 2 aromatic carbocycles. The van der Waals surface area contributed by atoms with Gasteiger partial charge in [-0.3, -0.25) is 4.99 Å². The Morgan fingerprint density at radius 2 is 1.04 bits per heavy atom. The molecule has 0 fully saturated rings. The number of hydrogen-bond donors (Lipinski definition) is 6. The van der Waals surface area contributed by atoms with Crippen molar-refractivity contribution in [2.24, 2.45) is 4.99 Å². The number of nitrogens with zero attached hydrogens (tertiary/aromatic N) is 5. The number of aliphatic imine (C=N–C) groups is 1. The van der Waals surface area contributed by atoms with Crippen LogP contribution in [0, 0.1) is 13.8 Å². The van der Waals surface area contributed by atoms with Crippen LogP contribution in [0.5, 0.6) is 0 Å². The van der Waals surface area contributed by atoms with Crippen LogP contribution >= 0.6 is 58.6 Å². The van der Waals surface area contributed by atoms with Crippen molar-refractivity contribution >= 4 is 104 Å². The first-order chi connectivity index (χ1) is 25.2. The molecule has 0 spiro atoms. The Hall–Kier alpha value is -3.62. The minimum Gasteiger partial charge on any atom is -0.370 e. The minimum absolute atomic E-state index is 0.431. The highest BCUT2D eigenvalue weighted by atomic mass is 35.5. The summed E-state index contributed by atoms with van der Waals surface area (Å²) in [5, 5.41) is 21.7. The van der Waals surface area contributed by atoms with Crippen molar-refractivity contribution in [3.8, 4) is 0 Å². The highest BCUT2D eigenvalue weighted by Gasteiger charge is 2.08. The summed E-state index contributed by atoms with van der Waals surface area (Å²) in [6.45, 7) is 7.84. The summed E-state index contributed by atoms with van der Waals surface area (Å²) in [4.78, 5) is 17.7. The third kappa shape index (κ3) is 16.9. The lowest BCUT2D eigenvalue weighted by atomic mass is 10.2. The summed E-state index contributed by atoms with van der Waals surface area (Å²) in [6, 6.07) is 18.5. The van der Waals surface area contributed by atoms with Crippen LogP contribution in [-0.2, 0) is 0 Å². The van der Waals surface area contributed by atoms with Gasteiger partial charge in [-0.15, -0.1) is 0 Å². The first-order valence-electron chi connectivity index (χ1n) is 16.9. The van der Waals surface area contributed by atoms with E-state index in [1.54, 1.807) is 31.3 Å². The van der Waals surface area contributed by atoms with Gasteiger partial charge in [0, 0.05) is 31.5 Å². The molecule has 53 heavy (non-hydrogen) atoms. The molecule has 0 aliphatic heterocycles. The lowest BCUT2D eigenvalue weighted by molar-refractivity contribution is 0.405. The second-order valence-electron chi connectivity index (χ2n) is 12.7. The summed E-state index contributed by atoms with van der Waals surface area (Å²) < 4.78 is 0. The van der Waals surface area contributed by atoms with E-state index in [9.17, 15) is 0 Å². The first-order valence-corrected chi connectivity index (χ1v) is 18.9. The standard InChI is InChI=1S/C19H26Cl2N6.C18H23Cl2N5S/c1-13-10-17(23-8-5-9-27(3)4)25-18(11-13)26-19(22-2)24-14-6-7-15(20)16(21)12-14;1-12-9-16(21-7-4-8-25(2)3)23-17(10-12)24-18(26)22-13-5-6-14(19)15(20)11-13/h6-7,10-12H,5,8-9H2,1-4H3,(H3,22,23,24,25,26);5-6,9-11H,4,7-8H2,1-3H3,(H3,21,22,23,24,26). The van der Waals surface area contributed by atoms with Crippen LogP contribution in [0.4, 0.5) is 34.6 Å². The number of halogens is 4. The van der Waals surface area contributed by atoms with Crippen LogP contribution in [0.2, 0.25) is 20.1 Å². The Labute approximate surface area is 339 Å². The van der Waals surface area contributed by atoms with E-state index in [2.05, 4.69) is 84.9 Å². The van der Waals surface area contributed by atoms with Gasteiger partial charge in [0.25, 0.3) is 0 Å². The maximum absolute atomic E-state index is 6.07. The van der Waals surface area contributed by atoms with Crippen molar-refractivity contribution < 1.29 is 0 Å². The Balaban J connectivity index is 0.000000286. The summed E-state index contributed by atoms with van der Waals surface area (Å²) in [5.74, 6) is 3.60. The maximum Gasteiger partial charge on any atom is 0.201 e. The van der Waals surface area contributed by atoms with Gasteiger partial charge in [-0.25, -0.2) is 9.97 Å². The molecule has 2 heterocycles. The van der Waals surface area contributed by atoms with Crippen LogP contribution in [0.25, 0.3) is 0 Å². The number of hydrogen-bond acceptors (Lipinski definition) is 8. The van der Waals surface area contributed by atoms with Gasteiger partial charge in [-0.05, 0) is 152 Å². The zero-order chi connectivity index (χ0) is 38.9. The number of aromatic nitrogens is 2. The van der Waals surface area contributed by atoms with Crippen molar-refractivity contribution in [1.29, 1.82) is 0 Å². The summed E-state index contributed by atoms with van der Waals surface area (Å²) in [5.41, 5.74) is 3.74. The van der Waals surface area contributed by atoms with Crippen LogP contribution in [0.15, 0.2) is 65.7 Å². The van der Waals surface area contributed by atoms with Gasteiger partial charge in [-0.2, -0.15) is 0 Å². The highest BCUT2D eigenvalue weighted by Crippen LogP contribution is 2.26. The molecule has 2 aromatic heterocycles. The molecular weight excluding hydrogens is 772 g/mol. The van der Waals surface area contributed by atoms with Crippen LogP contribution in [0.3, 0.4) is 0 Å². The Morgan fingerprint density at radius 3 is 1.47 bits per heavy atom. The predicted octanol–water partition coefficient (Wildman–Crippen LogP) is 9.44. The average Bonchev–Trinajstić information content (AvgIpc) is 3.08. The Kier molecular flexibility index (Phi) is 18.6. The number of guanidine groups is 1. The van der Waals surface area contributed by atoms with E-state index in [1.165, 1.54) is 0 Å². The number of pyridine rings is 2. The molecule has 0 aliphatic rings. The molecule has 0 aliphatic carbocycles. The highest BCUT2D eigenvalue weighted by molar-refractivity contribution is 7.80. The smallest absolute Gasteiger partial charge is 0.201 e. The fourth-order valence-corrected chi connectivity index (χ4v) is 5.51. The molecule has 4 rings (SSSR count). The molecule has 11 nitrogen and oxygen atoms in total. The van der Waals surface area contributed by atoms with Gasteiger partial charge in [0.15, 0.2) is 5.11 Å². The molecular formula is C37H49Cl4N11S. The minimum atomic E-state index is 0.431. The van der Waals surface area contributed by atoms with E-state index >= 15 is 0 Å². The van der Waals surface area contributed by atoms with E-state index in [0.29, 0.717) is 42.8 Å². The molecule has 0 saturated heterocycles. The van der Waals surface area contributed by atoms with Crippen LogP contribution < -0.4 is 31.9 Å². The Morgan fingerprint density at radius 1 is 0.604 bits per heavy atom. The fraction of sp³-hybridized carbons (Fsp3) is 0.351. The Bertz CT molecular complexity index is 1820. The maximum atomic E-state index is 6.07. The van der Waals surface area contributed by atoms with Gasteiger partial charge in [0.05, 0.1) is 20.1 Å². The average molecular weight is 822 g/mol. The lowest BCUT2D eigenvalue weighted by Gasteiger charge is -2.14. The number of thiocarbonyl (C=S) groups is 1. The largest absolute Gasteiger partial charge is 0.370 e. The molecule has 0 radical (unpaired) electrons. The topological polar surface area (TPSA) is 117 Å². The first kappa shape index (κ1) is 43.8. The van der Waals surface area contributed by atoms with Gasteiger partial charge in [0.1, 0.15) is 23.3 Å². The van der Waals surface area contributed by atoms with Crippen molar-refractivity contribution in [3.63, 3.8) is 0 Å². The number of nitrogens with one attached hydrogen (secondary N) is 6. The molecule has 0 atom stereocenters. The lowest BCUT2D eigenvalue weighted by Crippen LogP contribution is -2.23. The van der Waals surface area contributed by atoms with Crippen molar-refractivity contribution in [2.75, 3.05) is 93.3 Å². The van der Waals surface area contributed by atoms with E-state index in [0.717, 1.165) is 73.2 Å². The molecule has 0 unspecified atom stereocenters. The van der Waals surface area contributed by atoms with Crippen LogP contribution in [-0.4, -0.2) is 92.3 Å². The van der Waals surface area contributed by atoms with Crippen molar-refractivity contribution in [1.82, 2.24) is 19.8 Å². The van der Waals surface area contributed by atoms with Crippen LogP contribution in [0.1, 0.15) is 24.0 Å². The van der Waals surface area contributed by atoms with E-state index < -0.39 is 0 Å². The molecule has 0 bridgehead atoms. The second-order valence-corrected chi connectivity index (χ2v) is 14.7. The van der Waals surface area contributed by atoms with E-state index in [-0.39, 0.29) is 0 Å². The number of aryl methyl sites for hydroxylation is 2. The summed E-state index contributed by atoms with van der Waals surface area (Å²) >= 11 is 29.3. The quantitative estimate of drug-likeness (QED) is 0.0316. The zero-order valence-corrected chi connectivity index (χ0v) is 35.0. The van der Waals surface area contributed by atoms with Gasteiger partial charge >= 0.3 is 0 Å². The molecule has 286 valence electrons. The van der Waals surface area contributed by atoms with E-state index in [4.69, 9.17) is 58.6 Å². The molecule has 16 heteroatoms.